The molecule has 0 aromatic carbocycles. The van der Waals surface area contributed by atoms with Gasteiger partial charge in [-0.15, -0.1) is 0 Å². The quantitative estimate of drug-likeness (QED) is 0.716. The maximum atomic E-state index is 11.5. The Balaban J connectivity index is 1.80. The molecule has 5 nitrogen and oxygen atoms in total. The molecule has 1 aromatic rings. The largest absolute Gasteiger partial charge is 0.368 e. The van der Waals surface area contributed by atoms with Crippen molar-refractivity contribution in [3.05, 3.63) is 24.4 Å². The molecule has 1 aliphatic rings. The molecule has 2 heterocycles. The highest BCUT2D eigenvalue weighted by molar-refractivity contribution is 5.81. The van der Waals surface area contributed by atoms with Gasteiger partial charge in [0, 0.05) is 12.8 Å². The van der Waals surface area contributed by atoms with E-state index in [-0.39, 0.29) is 12.0 Å². The van der Waals surface area contributed by atoms with Crippen LogP contribution in [0.1, 0.15) is 12.8 Å². The first-order valence-electron chi connectivity index (χ1n) is 4.95. The lowest BCUT2D eigenvalue weighted by Gasteiger charge is -2.11. The van der Waals surface area contributed by atoms with Crippen molar-refractivity contribution in [3.63, 3.8) is 0 Å². The van der Waals surface area contributed by atoms with Gasteiger partial charge in [-0.05, 0) is 25.0 Å². The van der Waals surface area contributed by atoms with Crippen LogP contribution in [0.15, 0.2) is 24.4 Å². The first-order valence-corrected chi connectivity index (χ1v) is 4.95. The lowest BCUT2D eigenvalue weighted by atomic mass is 10.2. The van der Waals surface area contributed by atoms with Gasteiger partial charge in [0.25, 0.3) is 5.91 Å². The lowest BCUT2D eigenvalue weighted by Crippen LogP contribution is -2.38. The average Bonchev–Trinajstić information content (AvgIpc) is 2.81. The van der Waals surface area contributed by atoms with Crippen molar-refractivity contribution >= 4 is 11.7 Å². The third-order valence-electron chi connectivity index (χ3n) is 2.20. The molecule has 1 fully saturated rings. The Morgan fingerprint density at radius 3 is 3.13 bits per heavy atom. The molecule has 1 unspecified atom stereocenters. The molecule has 0 radical (unpaired) electrons. The van der Waals surface area contributed by atoms with Gasteiger partial charge in [0.1, 0.15) is 11.9 Å². The summed E-state index contributed by atoms with van der Waals surface area (Å²) in [6, 6.07) is 5.43. The van der Waals surface area contributed by atoms with E-state index in [9.17, 15) is 4.79 Å². The fourth-order valence-corrected chi connectivity index (χ4v) is 1.43. The topological polar surface area (TPSA) is 63.2 Å². The second-order valence-electron chi connectivity index (χ2n) is 3.33. The maximum absolute atomic E-state index is 11.5. The normalized spacial score (nSPS) is 19.9. The molecule has 2 rings (SSSR count). The van der Waals surface area contributed by atoms with Crippen molar-refractivity contribution in [1.82, 2.24) is 10.4 Å². The van der Waals surface area contributed by atoms with Crippen molar-refractivity contribution in [1.29, 1.82) is 0 Å². The number of rotatable bonds is 3. The third kappa shape index (κ3) is 2.66. The minimum Gasteiger partial charge on any atom is -0.368 e. The van der Waals surface area contributed by atoms with Crippen LogP contribution < -0.4 is 10.9 Å². The van der Waals surface area contributed by atoms with Gasteiger partial charge in [-0.25, -0.2) is 4.98 Å². The van der Waals surface area contributed by atoms with Gasteiger partial charge in [-0.2, -0.15) is 0 Å². The van der Waals surface area contributed by atoms with E-state index in [1.54, 1.807) is 12.3 Å². The number of hydrogen-bond acceptors (Lipinski definition) is 4. The number of carbonyl (C=O) groups excluding carboxylic acids is 1. The molecule has 0 bridgehead atoms. The molecule has 2 N–H and O–H groups in total. The Labute approximate surface area is 87.8 Å². The number of aromatic nitrogens is 1. The molecule has 1 atom stereocenters. The van der Waals surface area contributed by atoms with Crippen LogP contribution in [0.3, 0.4) is 0 Å². The summed E-state index contributed by atoms with van der Waals surface area (Å²) in [5.41, 5.74) is 5.30. The highest BCUT2D eigenvalue weighted by atomic mass is 16.5. The van der Waals surface area contributed by atoms with Crippen LogP contribution in [0.25, 0.3) is 0 Å². The fraction of sp³-hybridized carbons (Fsp3) is 0.400. The van der Waals surface area contributed by atoms with Gasteiger partial charge in [0.2, 0.25) is 0 Å². The number of ether oxygens (including phenoxy) is 1. The van der Waals surface area contributed by atoms with Crippen LogP contribution in [0.5, 0.6) is 0 Å². The van der Waals surface area contributed by atoms with E-state index < -0.39 is 0 Å². The smallest absolute Gasteiger partial charge is 0.267 e. The molecule has 15 heavy (non-hydrogen) atoms. The summed E-state index contributed by atoms with van der Waals surface area (Å²) in [4.78, 5) is 15.5. The van der Waals surface area contributed by atoms with E-state index in [4.69, 9.17) is 4.74 Å². The molecule has 1 saturated heterocycles. The summed E-state index contributed by atoms with van der Waals surface area (Å²) in [6.45, 7) is 0.668. The maximum Gasteiger partial charge on any atom is 0.267 e. The highest BCUT2D eigenvalue weighted by Gasteiger charge is 2.23. The van der Waals surface area contributed by atoms with E-state index in [1.807, 2.05) is 12.1 Å². The molecular weight excluding hydrogens is 194 g/mol. The first-order chi connectivity index (χ1) is 7.36. The van der Waals surface area contributed by atoms with Gasteiger partial charge in [0.15, 0.2) is 0 Å². The summed E-state index contributed by atoms with van der Waals surface area (Å²) in [5.74, 6) is 0.474. The first kappa shape index (κ1) is 9.92. The van der Waals surface area contributed by atoms with Crippen LogP contribution in [0.2, 0.25) is 0 Å². The van der Waals surface area contributed by atoms with Crippen LogP contribution in [-0.2, 0) is 9.53 Å². The van der Waals surface area contributed by atoms with Crippen LogP contribution in [0, 0.1) is 0 Å². The standard InChI is InChI=1S/C10H13N3O2/c14-10(8-4-3-7-15-8)13-12-9-5-1-2-6-11-9/h1-2,5-6,8H,3-4,7H2,(H,11,12)(H,13,14). The Hall–Kier alpha value is -1.62. The van der Waals surface area contributed by atoms with Crippen molar-refractivity contribution in [2.24, 2.45) is 0 Å². The Morgan fingerprint density at radius 1 is 1.53 bits per heavy atom. The minimum absolute atomic E-state index is 0.141. The van der Waals surface area contributed by atoms with Crippen molar-refractivity contribution < 1.29 is 9.53 Å². The van der Waals surface area contributed by atoms with Crippen molar-refractivity contribution in [2.75, 3.05) is 12.0 Å². The molecule has 0 saturated carbocycles. The number of hydrazine groups is 1. The highest BCUT2D eigenvalue weighted by Crippen LogP contribution is 2.11. The van der Waals surface area contributed by atoms with Gasteiger partial charge >= 0.3 is 0 Å². The van der Waals surface area contributed by atoms with Gasteiger partial charge < -0.3 is 4.74 Å². The van der Waals surface area contributed by atoms with Gasteiger partial charge in [-0.1, -0.05) is 6.07 Å². The predicted octanol–water partition coefficient (Wildman–Crippen LogP) is 0.704. The van der Waals surface area contributed by atoms with Gasteiger partial charge in [-0.3, -0.25) is 15.6 Å². The molecule has 1 aromatic heterocycles. The molecule has 1 amide bonds. The van der Waals surface area contributed by atoms with Crippen molar-refractivity contribution in [2.45, 2.75) is 18.9 Å². The van der Waals surface area contributed by atoms with E-state index in [2.05, 4.69) is 15.8 Å². The average molecular weight is 207 g/mol. The number of hydrogen-bond donors (Lipinski definition) is 2. The Bertz CT molecular complexity index is 323. The van der Waals surface area contributed by atoms with E-state index in [1.165, 1.54) is 0 Å². The van der Waals surface area contributed by atoms with Crippen LogP contribution in [-0.4, -0.2) is 23.6 Å². The molecule has 80 valence electrons. The molecule has 0 aliphatic carbocycles. The summed E-state index contributed by atoms with van der Waals surface area (Å²) in [7, 11) is 0. The van der Waals surface area contributed by atoms with E-state index >= 15 is 0 Å². The predicted molar refractivity (Wildman–Crippen MR) is 55.0 cm³/mol. The third-order valence-corrected chi connectivity index (χ3v) is 2.20. The Morgan fingerprint density at radius 2 is 2.47 bits per heavy atom. The monoisotopic (exact) mass is 207 g/mol. The summed E-state index contributed by atoms with van der Waals surface area (Å²) in [5, 5.41) is 0. The summed E-state index contributed by atoms with van der Waals surface area (Å²) >= 11 is 0. The second kappa shape index (κ2) is 4.75. The van der Waals surface area contributed by atoms with Crippen LogP contribution >= 0.6 is 0 Å². The Kier molecular flexibility index (Phi) is 3.14. The second-order valence-corrected chi connectivity index (χ2v) is 3.33. The minimum atomic E-state index is -0.318. The number of nitrogens with one attached hydrogen (secondary N) is 2. The zero-order valence-electron chi connectivity index (χ0n) is 8.27. The number of anilines is 1. The fourth-order valence-electron chi connectivity index (χ4n) is 1.43. The molecule has 5 heteroatoms. The molecular formula is C10H13N3O2. The lowest BCUT2D eigenvalue weighted by molar-refractivity contribution is -0.129. The van der Waals surface area contributed by atoms with E-state index in [0.29, 0.717) is 12.4 Å². The number of pyridine rings is 1. The van der Waals surface area contributed by atoms with E-state index in [0.717, 1.165) is 12.8 Å². The number of carbonyl (C=O) groups is 1. The summed E-state index contributed by atoms with van der Waals surface area (Å²) in [6.07, 6.45) is 3.07. The van der Waals surface area contributed by atoms with Crippen LogP contribution in [0.4, 0.5) is 5.82 Å². The van der Waals surface area contributed by atoms with Crippen molar-refractivity contribution in [3.8, 4) is 0 Å². The molecule has 0 spiro atoms. The SMILES string of the molecule is O=C(NNc1ccccn1)C1CCCO1. The summed E-state index contributed by atoms with van der Waals surface area (Å²) < 4.78 is 5.23. The zero-order valence-corrected chi connectivity index (χ0v) is 8.27. The molecule has 1 aliphatic heterocycles. The number of amides is 1. The number of nitrogens with zero attached hydrogens (tertiary/aromatic N) is 1. The zero-order chi connectivity index (χ0) is 10.5. The van der Waals surface area contributed by atoms with Gasteiger partial charge in [0.05, 0.1) is 0 Å².